The number of alkyl halides is 3. The van der Waals surface area contributed by atoms with Gasteiger partial charge < -0.3 is 24.3 Å². The predicted octanol–water partition coefficient (Wildman–Crippen LogP) is 7.15. The van der Waals surface area contributed by atoms with Crippen LogP contribution in [-0.2, 0) is 19.8 Å². The highest BCUT2D eigenvalue weighted by Crippen LogP contribution is 2.29. The van der Waals surface area contributed by atoms with Crippen molar-refractivity contribution in [3.05, 3.63) is 108 Å². The number of amides is 2. The zero-order valence-corrected chi connectivity index (χ0v) is 29.9. The lowest BCUT2D eigenvalue weighted by molar-refractivity contribution is -0.137. The number of halogens is 5. The Kier molecular flexibility index (Phi) is 12.1. The number of carbonyl (C=O) groups excluding carboxylic acids is 2. The molecule has 10 nitrogen and oxygen atoms in total. The Morgan fingerprint density at radius 3 is 2.18 bits per heavy atom. The third-order valence-electron chi connectivity index (χ3n) is 8.00. The third kappa shape index (κ3) is 8.77. The van der Waals surface area contributed by atoms with Crippen LogP contribution in [-0.4, -0.2) is 69.4 Å². The summed E-state index contributed by atoms with van der Waals surface area (Å²) in [5.74, 6) is 0.889. The standard InChI is InChI=1S/C34H31F3N6O4.2BrH/c1-41-29-11-9-27(47-31-12-6-25(20-39-31)40-32(44)28-10-5-24(19-38-28)34(35,36)37)17-23(29)18-30(41)33(45)43-15-13-42(14-16-43)21-22-3-7-26(46-2)8-4-22;;/h3-12,17-20H,13-16,21H2,1-2H3,(H,40,44);2*1H. The Morgan fingerprint density at radius 2 is 1.57 bits per heavy atom. The largest absolute Gasteiger partial charge is 0.497 e. The average Bonchev–Trinajstić information content (AvgIpc) is 3.41. The first-order valence-corrected chi connectivity index (χ1v) is 14.8. The van der Waals surface area contributed by atoms with Crippen LogP contribution in [0.15, 0.2) is 85.2 Å². The Balaban J connectivity index is 0.00000270. The molecule has 2 amide bonds. The molecule has 1 fully saturated rings. The Bertz CT molecular complexity index is 1900. The molecule has 15 heteroatoms. The second-order valence-electron chi connectivity index (χ2n) is 11.1. The minimum atomic E-state index is -4.54. The summed E-state index contributed by atoms with van der Waals surface area (Å²) < 4.78 is 51.3. The maximum atomic E-state index is 13.5. The van der Waals surface area contributed by atoms with E-state index < -0.39 is 17.6 Å². The molecule has 4 heterocycles. The maximum Gasteiger partial charge on any atom is 0.417 e. The maximum absolute atomic E-state index is 13.5. The SMILES string of the molecule is Br.Br.COc1ccc(CN2CCN(C(=O)c3cc4cc(Oc5ccc(NC(=O)c6ccc(C(F)(F)F)cn6)cn5)ccc4n3C)CC2)cc1. The molecule has 258 valence electrons. The van der Waals surface area contributed by atoms with Crippen molar-refractivity contribution in [1.82, 2.24) is 24.3 Å². The molecule has 6 rings (SSSR count). The van der Waals surface area contributed by atoms with E-state index in [2.05, 4.69) is 32.3 Å². The molecular weight excluding hydrogens is 773 g/mol. The van der Waals surface area contributed by atoms with E-state index >= 15 is 0 Å². The molecule has 1 aliphatic heterocycles. The molecule has 49 heavy (non-hydrogen) atoms. The lowest BCUT2D eigenvalue weighted by atomic mass is 10.2. The van der Waals surface area contributed by atoms with Crippen LogP contribution in [0, 0.1) is 0 Å². The van der Waals surface area contributed by atoms with E-state index in [0.717, 1.165) is 48.4 Å². The number of benzene rings is 2. The van der Waals surface area contributed by atoms with Crippen LogP contribution < -0.4 is 14.8 Å². The smallest absolute Gasteiger partial charge is 0.417 e. The van der Waals surface area contributed by atoms with Gasteiger partial charge in [-0.1, -0.05) is 12.1 Å². The molecule has 1 saturated heterocycles. The molecule has 0 spiro atoms. The molecule has 1 aliphatic rings. The monoisotopic (exact) mass is 804 g/mol. The minimum absolute atomic E-state index is 0. The molecular formula is C34H33Br2F3N6O4. The van der Waals surface area contributed by atoms with Crippen LogP contribution >= 0.6 is 34.0 Å². The number of ether oxygens (including phenoxy) is 2. The van der Waals surface area contributed by atoms with Gasteiger partial charge in [0.05, 0.1) is 24.6 Å². The average molecular weight is 806 g/mol. The summed E-state index contributed by atoms with van der Waals surface area (Å²) in [5.41, 5.74) is 1.86. The number of pyridine rings is 2. The number of piperazine rings is 1. The van der Waals surface area contributed by atoms with Crippen LogP contribution in [0.5, 0.6) is 17.4 Å². The normalized spacial score (nSPS) is 13.3. The fourth-order valence-corrected chi connectivity index (χ4v) is 5.38. The van der Waals surface area contributed by atoms with Crippen molar-refractivity contribution in [2.45, 2.75) is 12.7 Å². The second kappa shape index (κ2) is 15.8. The van der Waals surface area contributed by atoms with E-state index in [1.165, 1.54) is 11.8 Å². The van der Waals surface area contributed by atoms with Gasteiger partial charge >= 0.3 is 6.18 Å². The molecule has 0 aliphatic carbocycles. The number of methoxy groups -OCH3 is 1. The van der Waals surface area contributed by atoms with Gasteiger partial charge in [0.1, 0.15) is 22.9 Å². The molecule has 3 aromatic heterocycles. The van der Waals surface area contributed by atoms with E-state index in [9.17, 15) is 22.8 Å². The number of fused-ring (bicyclic) bond motifs is 1. The molecule has 5 aromatic rings. The number of rotatable bonds is 8. The van der Waals surface area contributed by atoms with Crippen molar-refractivity contribution in [3.63, 3.8) is 0 Å². The Morgan fingerprint density at radius 1 is 0.857 bits per heavy atom. The number of aryl methyl sites for hydroxylation is 1. The Labute approximate surface area is 301 Å². The van der Waals surface area contributed by atoms with Crippen molar-refractivity contribution >= 4 is 62.4 Å². The van der Waals surface area contributed by atoms with Gasteiger partial charge in [0, 0.05) is 62.9 Å². The van der Waals surface area contributed by atoms with E-state index in [-0.39, 0.29) is 51.4 Å². The number of nitrogens with zero attached hydrogens (tertiary/aromatic N) is 5. The Hall–Kier alpha value is -4.47. The summed E-state index contributed by atoms with van der Waals surface area (Å²) >= 11 is 0. The van der Waals surface area contributed by atoms with E-state index in [0.29, 0.717) is 36.4 Å². The van der Waals surface area contributed by atoms with Crippen LogP contribution in [0.3, 0.4) is 0 Å². The molecule has 0 atom stereocenters. The van der Waals surface area contributed by atoms with Crippen LogP contribution in [0.4, 0.5) is 18.9 Å². The molecule has 0 unspecified atom stereocenters. The number of hydrogen-bond acceptors (Lipinski definition) is 7. The van der Waals surface area contributed by atoms with Gasteiger partial charge in [0.15, 0.2) is 0 Å². The first-order valence-electron chi connectivity index (χ1n) is 14.8. The van der Waals surface area contributed by atoms with E-state index in [1.807, 2.05) is 46.8 Å². The fourth-order valence-electron chi connectivity index (χ4n) is 5.38. The number of aromatic nitrogens is 3. The van der Waals surface area contributed by atoms with Crippen molar-refractivity contribution in [2.75, 3.05) is 38.6 Å². The van der Waals surface area contributed by atoms with Crippen molar-refractivity contribution in [2.24, 2.45) is 7.05 Å². The van der Waals surface area contributed by atoms with Gasteiger partial charge in [0.2, 0.25) is 5.88 Å². The lowest BCUT2D eigenvalue weighted by Gasteiger charge is -2.34. The molecule has 0 bridgehead atoms. The summed E-state index contributed by atoms with van der Waals surface area (Å²) in [4.78, 5) is 37.9. The number of anilines is 1. The highest BCUT2D eigenvalue weighted by Gasteiger charge is 2.31. The first kappa shape index (κ1) is 37.4. The van der Waals surface area contributed by atoms with Gasteiger partial charge in [-0.25, -0.2) is 4.98 Å². The first-order chi connectivity index (χ1) is 22.6. The highest BCUT2D eigenvalue weighted by atomic mass is 79.9. The quantitative estimate of drug-likeness (QED) is 0.178. The van der Waals surface area contributed by atoms with Gasteiger partial charge in [-0.05, 0) is 60.2 Å². The van der Waals surface area contributed by atoms with Gasteiger partial charge in [-0.15, -0.1) is 34.0 Å². The zero-order chi connectivity index (χ0) is 33.1. The lowest BCUT2D eigenvalue weighted by Crippen LogP contribution is -2.48. The van der Waals surface area contributed by atoms with Crippen molar-refractivity contribution in [3.8, 4) is 17.4 Å². The van der Waals surface area contributed by atoms with Gasteiger partial charge in [-0.2, -0.15) is 13.2 Å². The fraction of sp³-hybridized carbons (Fsp3) is 0.235. The molecule has 2 aromatic carbocycles. The zero-order valence-electron chi connectivity index (χ0n) is 26.4. The minimum Gasteiger partial charge on any atom is -0.497 e. The summed E-state index contributed by atoms with van der Waals surface area (Å²) in [7, 11) is 3.52. The van der Waals surface area contributed by atoms with E-state index in [4.69, 9.17) is 9.47 Å². The highest BCUT2D eigenvalue weighted by molar-refractivity contribution is 8.93. The summed E-state index contributed by atoms with van der Waals surface area (Å²) in [6, 6.07) is 20.3. The van der Waals surface area contributed by atoms with Crippen LogP contribution in [0.2, 0.25) is 0 Å². The number of hydrogen-bond donors (Lipinski definition) is 1. The van der Waals surface area contributed by atoms with Gasteiger partial charge in [-0.3, -0.25) is 19.5 Å². The van der Waals surface area contributed by atoms with Gasteiger partial charge in [0.25, 0.3) is 11.8 Å². The summed E-state index contributed by atoms with van der Waals surface area (Å²) in [6.07, 6.45) is -2.56. The number of carbonyl (C=O) groups is 2. The van der Waals surface area contributed by atoms with Crippen LogP contribution in [0.25, 0.3) is 10.9 Å². The van der Waals surface area contributed by atoms with Crippen molar-refractivity contribution < 1.29 is 32.2 Å². The topological polar surface area (TPSA) is 102 Å². The predicted molar refractivity (Wildman–Crippen MR) is 189 cm³/mol. The van der Waals surface area contributed by atoms with E-state index in [1.54, 1.807) is 25.3 Å². The van der Waals surface area contributed by atoms with Crippen LogP contribution in [0.1, 0.15) is 32.1 Å². The number of nitrogens with one attached hydrogen (secondary N) is 1. The molecule has 0 radical (unpaired) electrons. The second-order valence-corrected chi connectivity index (χ2v) is 11.1. The summed E-state index contributed by atoms with van der Waals surface area (Å²) in [6.45, 7) is 3.64. The third-order valence-corrected chi connectivity index (χ3v) is 8.00. The molecule has 1 N–H and O–H groups in total. The summed E-state index contributed by atoms with van der Waals surface area (Å²) in [5, 5.41) is 3.38. The van der Waals surface area contributed by atoms with Crippen molar-refractivity contribution in [1.29, 1.82) is 0 Å². The molecule has 0 saturated carbocycles.